The van der Waals surface area contributed by atoms with Gasteiger partial charge in [-0.25, -0.2) is 4.98 Å². The van der Waals surface area contributed by atoms with Crippen LogP contribution in [0.3, 0.4) is 0 Å². The summed E-state index contributed by atoms with van der Waals surface area (Å²) in [4.78, 5) is 4.27. The maximum Gasteiger partial charge on any atom is 0.0963 e. The maximum atomic E-state index is 9.42. The highest BCUT2D eigenvalue weighted by molar-refractivity contribution is 7.99. The van der Waals surface area contributed by atoms with Gasteiger partial charge in [0.25, 0.3) is 0 Å². The summed E-state index contributed by atoms with van der Waals surface area (Å²) in [6, 6.07) is 3.84. The number of hydrogen-bond donors (Lipinski definition) is 1. The van der Waals surface area contributed by atoms with Crippen LogP contribution in [-0.2, 0) is 0 Å². The molecule has 0 radical (unpaired) electrons. The summed E-state index contributed by atoms with van der Waals surface area (Å²) < 4.78 is 0. The molecule has 1 aromatic heterocycles. The summed E-state index contributed by atoms with van der Waals surface area (Å²) in [6.45, 7) is 3.98. The molecule has 15 heavy (non-hydrogen) atoms. The van der Waals surface area contributed by atoms with E-state index in [0.717, 1.165) is 16.3 Å². The Balaban J connectivity index is 2.43. The molecule has 1 rings (SSSR count). The lowest BCUT2D eigenvalue weighted by Gasteiger charge is -2.06. The van der Waals surface area contributed by atoms with Crippen molar-refractivity contribution in [1.82, 2.24) is 4.98 Å². The summed E-state index contributed by atoms with van der Waals surface area (Å²) in [5.41, 5.74) is 0.947. The van der Waals surface area contributed by atoms with Crippen LogP contribution < -0.4 is 0 Å². The fourth-order valence-electron chi connectivity index (χ4n) is 1.29. The highest BCUT2D eigenvalue weighted by Gasteiger charge is 2.02. The van der Waals surface area contributed by atoms with E-state index in [2.05, 4.69) is 11.9 Å². The van der Waals surface area contributed by atoms with Crippen LogP contribution in [0, 0.1) is 0 Å². The van der Waals surface area contributed by atoms with E-state index in [9.17, 15) is 5.11 Å². The van der Waals surface area contributed by atoms with Crippen molar-refractivity contribution in [2.45, 2.75) is 44.2 Å². The third-order valence-electron chi connectivity index (χ3n) is 2.24. The van der Waals surface area contributed by atoms with Crippen molar-refractivity contribution in [2.24, 2.45) is 0 Å². The number of aliphatic hydroxyl groups excluding tert-OH is 1. The van der Waals surface area contributed by atoms with Crippen molar-refractivity contribution >= 4 is 11.8 Å². The number of rotatable bonds is 6. The zero-order valence-electron chi connectivity index (χ0n) is 9.44. The molecule has 0 spiro atoms. The predicted molar refractivity (Wildman–Crippen MR) is 65.1 cm³/mol. The van der Waals surface area contributed by atoms with Gasteiger partial charge in [-0.1, -0.05) is 19.8 Å². The molecule has 0 fully saturated rings. The van der Waals surface area contributed by atoms with Crippen molar-refractivity contribution in [1.29, 1.82) is 0 Å². The Bertz CT molecular complexity index is 289. The topological polar surface area (TPSA) is 33.1 Å². The lowest BCUT2D eigenvalue weighted by Crippen LogP contribution is -1.92. The second-order valence-corrected chi connectivity index (χ2v) is 4.77. The molecule has 3 heteroatoms. The van der Waals surface area contributed by atoms with Crippen LogP contribution in [-0.4, -0.2) is 15.8 Å². The summed E-state index contributed by atoms with van der Waals surface area (Å²) in [5, 5.41) is 10.4. The molecule has 0 amide bonds. The van der Waals surface area contributed by atoms with Gasteiger partial charge in [0.2, 0.25) is 0 Å². The number of pyridine rings is 1. The van der Waals surface area contributed by atoms with Crippen LogP contribution in [0.1, 0.15) is 44.8 Å². The van der Waals surface area contributed by atoms with Gasteiger partial charge in [0.1, 0.15) is 0 Å². The van der Waals surface area contributed by atoms with E-state index in [1.165, 1.54) is 19.3 Å². The first-order chi connectivity index (χ1) is 7.24. The Kier molecular flexibility index (Phi) is 5.73. The van der Waals surface area contributed by atoms with Gasteiger partial charge in [0.05, 0.1) is 11.1 Å². The molecule has 0 aromatic carbocycles. The molecule has 0 unspecified atom stereocenters. The molecule has 1 aromatic rings. The standard InChI is InChI=1S/C12H19NOS/c1-3-4-5-8-15-12-9-11(10(2)14)6-7-13-12/h6-7,9-10,14H,3-5,8H2,1-2H3/t10-/m0/s1. The van der Waals surface area contributed by atoms with Crippen molar-refractivity contribution in [3.63, 3.8) is 0 Å². The third-order valence-corrected chi connectivity index (χ3v) is 3.25. The lowest BCUT2D eigenvalue weighted by atomic mass is 10.2. The summed E-state index contributed by atoms with van der Waals surface area (Å²) in [7, 11) is 0. The number of nitrogens with zero attached hydrogens (tertiary/aromatic N) is 1. The highest BCUT2D eigenvalue weighted by Crippen LogP contribution is 2.20. The van der Waals surface area contributed by atoms with Gasteiger partial charge in [-0.05, 0) is 36.8 Å². The molecule has 2 nitrogen and oxygen atoms in total. The quantitative estimate of drug-likeness (QED) is 0.595. The first-order valence-corrected chi connectivity index (χ1v) is 6.49. The zero-order chi connectivity index (χ0) is 11.1. The van der Waals surface area contributed by atoms with E-state index >= 15 is 0 Å². The van der Waals surface area contributed by atoms with Crippen molar-refractivity contribution in [2.75, 3.05) is 5.75 Å². The molecule has 84 valence electrons. The summed E-state index contributed by atoms with van der Waals surface area (Å²) in [5.74, 6) is 1.12. The first-order valence-electron chi connectivity index (χ1n) is 5.51. The fraction of sp³-hybridized carbons (Fsp3) is 0.583. The largest absolute Gasteiger partial charge is 0.389 e. The van der Waals surface area contributed by atoms with E-state index < -0.39 is 6.10 Å². The van der Waals surface area contributed by atoms with Gasteiger partial charge in [-0.15, -0.1) is 11.8 Å². The molecular weight excluding hydrogens is 206 g/mol. The number of aliphatic hydroxyl groups is 1. The van der Waals surface area contributed by atoms with Crippen LogP contribution in [0.2, 0.25) is 0 Å². The molecule has 1 N–H and O–H groups in total. The van der Waals surface area contributed by atoms with Crippen molar-refractivity contribution < 1.29 is 5.11 Å². The van der Waals surface area contributed by atoms with Gasteiger partial charge >= 0.3 is 0 Å². The van der Waals surface area contributed by atoms with E-state index in [1.807, 2.05) is 12.1 Å². The van der Waals surface area contributed by atoms with Gasteiger partial charge in [-0.3, -0.25) is 0 Å². The predicted octanol–water partition coefficient (Wildman–Crippen LogP) is 3.42. The van der Waals surface area contributed by atoms with E-state index in [4.69, 9.17) is 0 Å². The minimum absolute atomic E-state index is 0.400. The van der Waals surface area contributed by atoms with Crippen LogP contribution in [0.5, 0.6) is 0 Å². The molecule has 0 saturated carbocycles. The van der Waals surface area contributed by atoms with Crippen LogP contribution in [0.4, 0.5) is 0 Å². The Morgan fingerprint density at radius 3 is 2.93 bits per heavy atom. The van der Waals surface area contributed by atoms with Gasteiger partial charge in [0.15, 0.2) is 0 Å². The number of hydrogen-bond acceptors (Lipinski definition) is 3. The SMILES string of the molecule is CCCCCSc1cc([C@H](C)O)ccn1. The summed E-state index contributed by atoms with van der Waals surface area (Å²) >= 11 is 1.77. The number of unbranched alkanes of at least 4 members (excludes halogenated alkanes) is 2. The lowest BCUT2D eigenvalue weighted by molar-refractivity contribution is 0.199. The second kappa shape index (κ2) is 6.85. The first kappa shape index (κ1) is 12.5. The zero-order valence-corrected chi connectivity index (χ0v) is 10.3. The number of thioether (sulfide) groups is 1. The number of aromatic nitrogens is 1. The van der Waals surface area contributed by atoms with Crippen LogP contribution >= 0.6 is 11.8 Å². The molecule has 0 aliphatic heterocycles. The highest BCUT2D eigenvalue weighted by atomic mass is 32.2. The van der Waals surface area contributed by atoms with E-state index in [0.29, 0.717) is 0 Å². The Morgan fingerprint density at radius 2 is 2.27 bits per heavy atom. The minimum atomic E-state index is -0.400. The van der Waals surface area contributed by atoms with Crippen molar-refractivity contribution in [3.05, 3.63) is 23.9 Å². The Morgan fingerprint density at radius 1 is 1.47 bits per heavy atom. The molecule has 1 atom stereocenters. The smallest absolute Gasteiger partial charge is 0.0963 e. The summed E-state index contributed by atoms with van der Waals surface area (Å²) in [6.07, 6.45) is 5.14. The van der Waals surface area contributed by atoms with Crippen LogP contribution in [0.25, 0.3) is 0 Å². The Hall–Kier alpha value is -0.540. The Labute approximate surface area is 96.1 Å². The van der Waals surface area contributed by atoms with E-state index in [1.54, 1.807) is 24.9 Å². The van der Waals surface area contributed by atoms with Crippen molar-refractivity contribution in [3.8, 4) is 0 Å². The average molecular weight is 225 g/mol. The molecular formula is C12H19NOS. The molecule has 0 aliphatic rings. The van der Waals surface area contributed by atoms with Gasteiger partial charge in [0, 0.05) is 6.20 Å². The molecule has 1 heterocycles. The average Bonchev–Trinajstić information content (AvgIpc) is 2.25. The molecule has 0 aliphatic carbocycles. The fourth-order valence-corrected chi connectivity index (χ4v) is 2.20. The third kappa shape index (κ3) is 4.67. The monoisotopic (exact) mass is 225 g/mol. The van der Waals surface area contributed by atoms with Gasteiger partial charge in [-0.2, -0.15) is 0 Å². The molecule has 0 saturated heterocycles. The van der Waals surface area contributed by atoms with Crippen LogP contribution in [0.15, 0.2) is 23.4 Å². The van der Waals surface area contributed by atoms with Gasteiger partial charge < -0.3 is 5.11 Å². The maximum absolute atomic E-state index is 9.42. The van der Waals surface area contributed by atoms with E-state index in [-0.39, 0.29) is 0 Å². The second-order valence-electron chi connectivity index (χ2n) is 3.66. The normalized spacial score (nSPS) is 12.7. The molecule has 0 bridgehead atoms. The minimum Gasteiger partial charge on any atom is -0.389 e.